The summed E-state index contributed by atoms with van der Waals surface area (Å²) in [7, 11) is 0. The van der Waals surface area contributed by atoms with E-state index in [-0.39, 0.29) is 0 Å². The van der Waals surface area contributed by atoms with Gasteiger partial charge in [-0.3, -0.25) is 0 Å². The second-order valence-corrected chi connectivity index (χ2v) is 4.46. The topological polar surface area (TPSA) is 51.0 Å². The highest BCUT2D eigenvalue weighted by molar-refractivity contribution is 7.08. The molecule has 2 aromatic heterocycles. The third kappa shape index (κ3) is 2.08. The standard InChI is InChI=1S/C10H11N3OS/c1-2-8(1)11-5-9-12-10(14-13-9)7-3-4-15-6-7/h3-4,6,8,11H,1-2,5H2. The second-order valence-electron chi connectivity index (χ2n) is 3.68. The van der Waals surface area contributed by atoms with Crippen LogP contribution in [0.15, 0.2) is 21.3 Å². The zero-order valence-corrected chi connectivity index (χ0v) is 8.96. The number of rotatable bonds is 4. The molecule has 0 aromatic carbocycles. The first kappa shape index (κ1) is 9.06. The van der Waals surface area contributed by atoms with Crippen molar-refractivity contribution in [3.8, 4) is 11.5 Å². The van der Waals surface area contributed by atoms with Gasteiger partial charge >= 0.3 is 0 Å². The van der Waals surface area contributed by atoms with Crippen LogP contribution in [0.5, 0.6) is 0 Å². The van der Waals surface area contributed by atoms with Gasteiger partial charge in [-0.15, -0.1) is 0 Å². The molecule has 1 N–H and O–H groups in total. The minimum absolute atomic E-state index is 0.615. The molecule has 1 saturated carbocycles. The lowest BCUT2D eigenvalue weighted by molar-refractivity contribution is 0.419. The van der Waals surface area contributed by atoms with Crippen molar-refractivity contribution >= 4 is 11.3 Å². The number of aromatic nitrogens is 2. The summed E-state index contributed by atoms with van der Waals surface area (Å²) in [5.41, 5.74) is 1.00. The van der Waals surface area contributed by atoms with Crippen LogP contribution < -0.4 is 5.32 Å². The number of nitrogens with one attached hydrogen (secondary N) is 1. The van der Waals surface area contributed by atoms with Crippen LogP contribution in [0.25, 0.3) is 11.5 Å². The molecule has 0 saturated heterocycles. The zero-order valence-electron chi connectivity index (χ0n) is 8.14. The average molecular weight is 221 g/mol. The summed E-state index contributed by atoms with van der Waals surface area (Å²) in [5, 5.41) is 11.3. The SMILES string of the molecule is c1cc(-c2nc(CNC3CC3)no2)cs1. The first-order valence-electron chi connectivity index (χ1n) is 5.00. The van der Waals surface area contributed by atoms with E-state index in [4.69, 9.17) is 4.52 Å². The lowest BCUT2D eigenvalue weighted by Gasteiger charge is -1.94. The van der Waals surface area contributed by atoms with Crippen molar-refractivity contribution in [3.05, 3.63) is 22.7 Å². The van der Waals surface area contributed by atoms with Crippen molar-refractivity contribution in [2.24, 2.45) is 0 Å². The average Bonchev–Trinajstić information content (AvgIpc) is 2.78. The van der Waals surface area contributed by atoms with Gasteiger partial charge in [0.2, 0.25) is 0 Å². The molecule has 0 spiro atoms. The van der Waals surface area contributed by atoms with Crippen molar-refractivity contribution in [3.63, 3.8) is 0 Å². The van der Waals surface area contributed by atoms with Crippen molar-refractivity contribution in [2.45, 2.75) is 25.4 Å². The summed E-state index contributed by atoms with van der Waals surface area (Å²) in [4.78, 5) is 4.32. The molecule has 3 rings (SSSR count). The Morgan fingerprint density at radius 2 is 2.47 bits per heavy atom. The molecule has 2 heterocycles. The van der Waals surface area contributed by atoms with Crippen LogP contribution in [-0.4, -0.2) is 16.2 Å². The molecule has 0 unspecified atom stereocenters. The summed E-state index contributed by atoms with van der Waals surface area (Å²) in [6.07, 6.45) is 2.55. The second kappa shape index (κ2) is 3.75. The lowest BCUT2D eigenvalue weighted by Crippen LogP contribution is -2.16. The lowest BCUT2D eigenvalue weighted by atomic mass is 10.3. The molecule has 4 nitrogen and oxygen atoms in total. The molecule has 0 radical (unpaired) electrons. The van der Waals surface area contributed by atoms with E-state index < -0.39 is 0 Å². The van der Waals surface area contributed by atoms with Crippen LogP contribution in [-0.2, 0) is 6.54 Å². The van der Waals surface area contributed by atoms with Crippen LogP contribution in [0, 0.1) is 0 Å². The normalized spacial score (nSPS) is 15.7. The molecule has 15 heavy (non-hydrogen) atoms. The number of hydrogen-bond donors (Lipinski definition) is 1. The van der Waals surface area contributed by atoms with Gasteiger partial charge in [-0.2, -0.15) is 16.3 Å². The van der Waals surface area contributed by atoms with E-state index in [2.05, 4.69) is 15.5 Å². The zero-order chi connectivity index (χ0) is 10.1. The van der Waals surface area contributed by atoms with Crippen LogP contribution in [0.4, 0.5) is 0 Å². The van der Waals surface area contributed by atoms with E-state index in [9.17, 15) is 0 Å². The summed E-state index contributed by atoms with van der Waals surface area (Å²) in [6, 6.07) is 2.66. The van der Waals surface area contributed by atoms with Gasteiger partial charge in [-0.05, 0) is 24.3 Å². The number of thiophene rings is 1. The number of hydrogen-bond acceptors (Lipinski definition) is 5. The molecule has 0 bridgehead atoms. The highest BCUT2D eigenvalue weighted by Gasteiger charge is 2.21. The van der Waals surface area contributed by atoms with Crippen molar-refractivity contribution < 1.29 is 4.52 Å². The van der Waals surface area contributed by atoms with Crippen LogP contribution in [0.2, 0.25) is 0 Å². The predicted octanol–water partition coefficient (Wildman–Crippen LogP) is 2.05. The fourth-order valence-electron chi connectivity index (χ4n) is 1.35. The van der Waals surface area contributed by atoms with Crippen LogP contribution in [0.1, 0.15) is 18.7 Å². The maximum atomic E-state index is 5.17. The van der Waals surface area contributed by atoms with Gasteiger partial charge in [0.05, 0.1) is 12.1 Å². The fraction of sp³-hybridized carbons (Fsp3) is 0.400. The molecule has 78 valence electrons. The Labute approximate surface area is 91.3 Å². The van der Waals surface area contributed by atoms with Crippen molar-refractivity contribution in [1.29, 1.82) is 0 Å². The molecule has 5 heteroatoms. The monoisotopic (exact) mass is 221 g/mol. The summed E-state index contributed by atoms with van der Waals surface area (Å²) < 4.78 is 5.17. The van der Waals surface area contributed by atoms with Crippen molar-refractivity contribution in [1.82, 2.24) is 15.5 Å². The third-order valence-corrected chi connectivity index (χ3v) is 3.05. The van der Waals surface area contributed by atoms with Gasteiger partial charge in [-0.1, -0.05) is 5.16 Å². The predicted molar refractivity (Wildman–Crippen MR) is 57.5 cm³/mol. The van der Waals surface area contributed by atoms with E-state index in [0.29, 0.717) is 18.5 Å². The summed E-state index contributed by atoms with van der Waals surface area (Å²) >= 11 is 1.63. The Morgan fingerprint density at radius 1 is 1.53 bits per heavy atom. The van der Waals surface area contributed by atoms with Crippen molar-refractivity contribution in [2.75, 3.05) is 0 Å². The Morgan fingerprint density at radius 3 is 3.20 bits per heavy atom. The van der Waals surface area contributed by atoms with Gasteiger partial charge in [0.25, 0.3) is 5.89 Å². The molecular formula is C10H11N3OS. The Hall–Kier alpha value is -1.20. The minimum atomic E-state index is 0.615. The molecular weight excluding hydrogens is 210 g/mol. The van der Waals surface area contributed by atoms with Gasteiger partial charge in [-0.25, -0.2) is 0 Å². The van der Waals surface area contributed by atoms with E-state index in [1.165, 1.54) is 12.8 Å². The molecule has 0 aliphatic heterocycles. The van der Waals surface area contributed by atoms with Crippen LogP contribution >= 0.6 is 11.3 Å². The summed E-state index contributed by atoms with van der Waals surface area (Å²) in [6.45, 7) is 0.707. The Kier molecular flexibility index (Phi) is 2.26. The quantitative estimate of drug-likeness (QED) is 0.858. The van der Waals surface area contributed by atoms with Gasteiger partial charge in [0, 0.05) is 11.4 Å². The molecule has 0 amide bonds. The Balaban J connectivity index is 1.69. The van der Waals surface area contributed by atoms with Crippen LogP contribution in [0.3, 0.4) is 0 Å². The summed E-state index contributed by atoms with van der Waals surface area (Å²) in [5.74, 6) is 1.35. The van der Waals surface area contributed by atoms with E-state index in [1.807, 2.05) is 16.8 Å². The Bertz CT molecular complexity index is 433. The first-order chi connectivity index (χ1) is 7.42. The molecule has 0 atom stereocenters. The van der Waals surface area contributed by atoms with Gasteiger partial charge in [0.1, 0.15) is 0 Å². The molecule has 1 fully saturated rings. The van der Waals surface area contributed by atoms with E-state index in [1.54, 1.807) is 11.3 Å². The van der Waals surface area contributed by atoms with E-state index >= 15 is 0 Å². The molecule has 1 aliphatic rings. The third-order valence-electron chi connectivity index (χ3n) is 2.36. The maximum Gasteiger partial charge on any atom is 0.258 e. The number of nitrogens with zero attached hydrogens (tertiary/aromatic N) is 2. The molecule has 2 aromatic rings. The smallest absolute Gasteiger partial charge is 0.258 e. The largest absolute Gasteiger partial charge is 0.334 e. The highest BCUT2D eigenvalue weighted by Crippen LogP contribution is 2.21. The minimum Gasteiger partial charge on any atom is -0.334 e. The first-order valence-corrected chi connectivity index (χ1v) is 5.94. The van der Waals surface area contributed by atoms with Gasteiger partial charge < -0.3 is 9.84 Å². The molecule has 1 aliphatic carbocycles. The van der Waals surface area contributed by atoms with E-state index in [0.717, 1.165) is 11.4 Å². The fourth-order valence-corrected chi connectivity index (χ4v) is 1.98. The maximum absolute atomic E-state index is 5.17. The van der Waals surface area contributed by atoms with Gasteiger partial charge in [0.15, 0.2) is 5.82 Å². The highest BCUT2D eigenvalue weighted by atomic mass is 32.1.